The summed E-state index contributed by atoms with van der Waals surface area (Å²) in [6.07, 6.45) is 2.79. The summed E-state index contributed by atoms with van der Waals surface area (Å²) in [4.78, 5) is 15.6. The average Bonchev–Trinajstić information content (AvgIpc) is 3.64. The van der Waals surface area contributed by atoms with Crippen molar-refractivity contribution in [2.75, 3.05) is 26.4 Å². The first-order valence-corrected chi connectivity index (χ1v) is 11.3. The van der Waals surface area contributed by atoms with Crippen molar-refractivity contribution in [1.82, 2.24) is 10.2 Å². The van der Waals surface area contributed by atoms with Gasteiger partial charge in [-0.2, -0.15) is 0 Å². The number of nitrogens with zero attached hydrogens (tertiary/aromatic N) is 1. The van der Waals surface area contributed by atoms with E-state index in [4.69, 9.17) is 9.47 Å². The SMILES string of the molecule is O=C(N[C@H]1C2CN(CCc3ccc4c(c3)OCO4)C[C@@H]21)C(O)(c1ccccc1)C1CC1. The first kappa shape index (κ1) is 19.1. The van der Waals surface area contributed by atoms with Crippen LogP contribution in [0.25, 0.3) is 0 Å². The molecule has 6 nitrogen and oxygen atoms in total. The molecule has 4 atom stereocenters. The minimum Gasteiger partial charge on any atom is -0.454 e. The average molecular weight is 421 g/mol. The quantitative estimate of drug-likeness (QED) is 0.719. The lowest BCUT2D eigenvalue weighted by Crippen LogP contribution is -2.48. The second kappa shape index (κ2) is 7.24. The van der Waals surface area contributed by atoms with E-state index < -0.39 is 5.60 Å². The van der Waals surface area contributed by atoms with Crippen molar-refractivity contribution in [2.45, 2.75) is 30.9 Å². The van der Waals surface area contributed by atoms with Crippen LogP contribution in [0, 0.1) is 17.8 Å². The van der Waals surface area contributed by atoms with Crippen LogP contribution in [0.5, 0.6) is 11.5 Å². The molecule has 1 amide bonds. The van der Waals surface area contributed by atoms with E-state index in [1.165, 1.54) is 5.56 Å². The molecule has 1 saturated heterocycles. The molecule has 2 heterocycles. The summed E-state index contributed by atoms with van der Waals surface area (Å²) >= 11 is 0. The van der Waals surface area contributed by atoms with Crippen LogP contribution in [0.4, 0.5) is 0 Å². The van der Waals surface area contributed by atoms with Crippen LogP contribution in [-0.4, -0.2) is 48.4 Å². The van der Waals surface area contributed by atoms with Gasteiger partial charge >= 0.3 is 0 Å². The molecule has 0 bridgehead atoms. The van der Waals surface area contributed by atoms with Gasteiger partial charge in [-0.3, -0.25) is 4.79 Å². The fourth-order valence-corrected chi connectivity index (χ4v) is 5.40. The molecule has 2 aliphatic heterocycles. The van der Waals surface area contributed by atoms with Gasteiger partial charge in [0.1, 0.15) is 0 Å². The normalized spacial score (nSPS) is 28.1. The van der Waals surface area contributed by atoms with Crippen LogP contribution in [0.15, 0.2) is 48.5 Å². The summed E-state index contributed by atoms with van der Waals surface area (Å²) in [6.45, 7) is 3.32. The Bertz CT molecular complexity index is 980. The number of carbonyl (C=O) groups is 1. The molecule has 2 saturated carbocycles. The zero-order valence-corrected chi connectivity index (χ0v) is 17.5. The number of likely N-dealkylation sites (tertiary alicyclic amines) is 1. The van der Waals surface area contributed by atoms with Crippen LogP contribution < -0.4 is 14.8 Å². The maximum Gasteiger partial charge on any atom is 0.257 e. The van der Waals surface area contributed by atoms with E-state index in [1.54, 1.807) is 0 Å². The Balaban J connectivity index is 1.03. The minimum atomic E-state index is -1.39. The van der Waals surface area contributed by atoms with E-state index in [2.05, 4.69) is 22.3 Å². The zero-order chi connectivity index (χ0) is 21.0. The number of amides is 1. The Morgan fingerprint density at radius 1 is 1.06 bits per heavy atom. The van der Waals surface area contributed by atoms with Crippen LogP contribution in [-0.2, 0) is 16.8 Å². The predicted molar refractivity (Wildman–Crippen MR) is 115 cm³/mol. The van der Waals surface area contributed by atoms with E-state index in [-0.39, 0.29) is 17.9 Å². The molecule has 6 heteroatoms. The number of rotatable bonds is 7. The van der Waals surface area contributed by atoms with Gasteiger partial charge < -0.3 is 24.8 Å². The fraction of sp³-hybridized carbons (Fsp3) is 0.480. The predicted octanol–water partition coefficient (Wildman–Crippen LogP) is 2.30. The second-order valence-corrected chi connectivity index (χ2v) is 9.43. The number of aliphatic hydroxyl groups is 1. The van der Waals surface area contributed by atoms with Gasteiger partial charge in [0.2, 0.25) is 6.79 Å². The van der Waals surface area contributed by atoms with E-state index in [0.29, 0.717) is 24.2 Å². The Kier molecular flexibility index (Phi) is 4.47. The number of fused-ring (bicyclic) bond motifs is 2. The third kappa shape index (κ3) is 3.38. The molecule has 2 aromatic rings. The van der Waals surface area contributed by atoms with Crippen LogP contribution in [0.1, 0.15) is 24.0 Å². The maximum absolute atomic E-state index is 13.1. The van der Waals surface area contributed by atoms with Crippen molar-refractivity contribution in [2.24, 2.45) is 17.8 Å². The van der Waals surface area contributed by atoms with Crippen molar-refractivity contribution in [3.8, 4) is 11.5 Å². The number of ether oxygens (including phenoxy) is 2. The summed E-state index contributed by atoms with van der Waals surface area (Å²) in [5.41, 5.74) is 0.579. The molecule has 2 unspecified atom stereocenters. The van der Waals surface area contributed by atoms with Gasteiger partial charge in [-0.05, 0) is 54.4 Å². The number of benzene rings is 2. The number of nitrogens with one attached hydrogen (secondary N) is 1. The first-order valence-electron chi connectivity index (χ1n) is 11.3. The van der Waals surface area contributed by atoms with Crippen molar-refractivity contribution < 1.29 is 19.4 Å². The zero-order valence-electron chi connectivity index (χ0n) is 17.5. The lowest BCUT2D eigenvalue weighted by Gasteiger charge is -2.28. The molecule has 6 rings (SSSR count). The van der Waals surface area contributed by atoms with E-state index in [9.17, 15) is 9.90 Å². The Labute approximate surface area is 182 Å². The first-order chi connectivity index (χ1) is 15.1. The van der Waals surface area contributed by atoms with Crippen LogP contribution >= 0.6 is 0 Å². The van der Waals surface area contributed by atoms with Crippen LogP contribution in [0.2, 0.25) is 0 Å². The molecule has 31 heavy (non-hydrogen) atoms. The van der Waals surface area contributed by atoms with Gasteiger partial charge in [0.25, 0.3) is 5.91 Å². The summed E-state index contributed by atoms with van der Waals surface area (Å²) in [5.74, 6) is 2.48. The van der Waals surface area contributed by atoms with Crippen molar-refractivity contribution >= 4 is 5.91 Å². The molecule has 4 aliphatic rings. The monoisotopic (exact) mass is 420 g/mol. The maximum atomic E-state index is 13.1. The summed E-state index contributed by atoms with van der Waals surface area (Å²) in [6, 6.07) is 15.8. The molecular weight excluding hydrogens is 392 g/mol. The molecule has 2 aliphatic carbocycles. The summed E-state index contributed by atoms with van der Waals surface area (Å²) < 4.78 is 10.9. The molecule has 0 spiro atoms. The smallest absolute Gasteiger partial charge is 0.257 e. The molecule has 3 fully saturated rings. The highest BCUT2D eigenvalue weighted by atomic mass is 16.7. The summed E-state index contributed by atoms with van der Waals surface area (Å²) in [7, 11) is 0. The standard InChI is InChI=1S/C25H28N2O4/c28-24(25(29,18-7-8-18)17-4-2-1-3-5-17)26-23-19-13-27(14-20(19)23)11-10-16-6-9-21-22(12-16)31-15-30-21/h1-6,9,12,18-20,23,29H,7-8,10-11,13-15H2,(H,26,28)/t19-,20?,23+,25?/m0/s1. The van der Waals surface area contributed by atoms with Gasteiger partial charge in [0, 0.05) is 31.6 Å². The van der Waals surface area contributed by atoms with Gasteiger partial charge in [-0.1, -0.05) is 36.4 Å². The Morgan fingerprint density at radius 2 is 1.81 bits per heavy atom. The lowest BCUT2D eigenvalue weighted by molar-refractivity contribution is -0.143. The number of hydrogen-bond acceptors (Lipinski definition) is 5. The highest BCUT2D eigenvalue weighted by molar-refractivity contribution is 5.87. The highest BCUT2D eigenvalue weighted by Crippen LogP contribution is 2.49. The number of carbonyl (C=O) groups excluding carboxylic acids is 1. The highest BCUT2D eigenvalue weighted by Gasteiger charge is 2.59. The molecule has 2 N–H and O–H groups in total. The summed E-state index contributed by atoms with van der Waals surface area (Å²) in [5, 5.41) is 14.5. The van der Waals surface area contributed by atoms with Gasteiger partial charge in [0.15, 0.2) is 17.1 Å². The Morgan fingerprint density at radius 3 is 2.55 bits per heavy atom. The molecule has 0 aromatic heterocycles. The second-order valence-electron chi connectivity index (χ2n) is 9.43. The Hall–Kier alpha value is -2.57. The van der Waals surface area contributed by atoms with E-state index in [1.807, 2.05) is 36.4 Å². The largest absolute Gasteiger partial charge is 0.454 e. The molecule has 0 radical (unpaired) electrons. The topological polar surface area (TPSA) is 71.0 Å². The lowest BCUT2D eigenvalue weighted by atomic mass is 9.87. The van der Waals surface area contributed by atoms with E-state index in [0.717, 1.165) is 50.4 Å². The molecule has 162 valence electrons. The van der Waals surface area contributed by atoms with Gasteiger partial charge in [0.05, 0.1) is 0 Å². The van der Waals surface area contributed by atoms with Gasteiger partial charge in [-0.25, -0.2) is 0 Å². The van der Waals surface area contributed by atoms with E-state index >= 15 is 0 Å². The van der Waals surface area contributed by atoms with Crippen molar-refractivity contribution in [1.29, 1.82) is 0 Å². The van der Waals surface area contributed by atoms with Crippen molar-refractivity contribution in [3.63, 3.8) is 0 Å². The number of piperidine rings is 1. The van der Waals surface area contributed by atoms with Crippen LogP contribution in [0.3, 0.4) is 0 Å². The fourth-order valence-electron chi connectivity index (χ4n) is 5.40. The molecular formula is C25H28N2O4. The van der Waals surface area contributed by atoms with Crippen molar-refractivity contribution in [3.05, 3.63) is 59.7 Å². The minimum absolute atomic E-state index is 0.0340. The number of hydrogen-bond donors (Lipinski definition) is 2. The third-order valence-corrected chi connectivity index (χ3v) is 7.45. The molecule has 2 aromatic carbocycles. The third-order valence-electron chi connectivity index (χ3n) is 7.45. The van der Waals surface area contributed by atoms with Gasteiger partial charge in [-0.15, -0.1) is 0 Å².